The zero-order valence-corrected chi connectivity index (χ0v) is 20.8. The van der Waals surface area contributed by atoms with Gasteiger partial charge >= 0.3 is 18.5 Å². The SMILES string of the molecule is CC(C)(OC=O)N1c2ccc(C(F)(F)F)cc2C(NCc2cc(C(F)(F)F)cc(C(F)(F)F)c2)CC1C1CC1. The number of carbonyl (C=O) groups is 1. The largest absolute Gasteiger partial charge is 0.442 e. The number of halogens is 9. The molecule has 13 heteroatoms. The van der Waals surface area contributed by atoms with Gasteiger partial charge in [0.2, 0.25) is 0 Å². The minimum atomic E-state index is -5.03. The van der Waals surface area contributed by atoms with E-state index in [1.165, 1.54) is 6.07 Å². The molecular formula is C26H25F9N2O2. The van der Waals surface area contributed by atoms with Crippen LogP contribution in [0, 0.1) is 5.92 Å². The predicted molar refractivity (Wildman–Crippen MR) is 122 cm³/mol. The Bertz CT molecular complexity index is 1190. The Hall–Kier alpha value is -2.96. The zero-order valence-electron chi connectivity index (χ0n) is 20.8. The van der Waals surface area contributed by atoms with E-state index in [2.05, 4.69) is 5.32 Å². The number of hydrogen-bond donors (Lipinski definition) is 1. The standard InChI is InChI=1S/C26H25F9N2O2/c1-23(2,39-13-38)37-21-6-5-16(24(27,28)29)10-19(21)20(11-22(37)15-3-4-15)36-12-14-7-17(25(30,31)32)9-18(8-14)26(33,34)35/h5-10,13,15,20,22,36H,3-4,11-12H2,1-2H3. The quantitative estimate of drug-likeness (QED) is 0.278. The number of nitrogens with one attached hydrogen (secondary N) is 1. The van der Waals surface area contributed by atoms with E-state index in [0.29, 0.717) is 17.8 Å². The Balaban J connectivity index is 1.75. The van der Waals surface area contributed by atoms with E-state index in [-0.39, 0.29) is 42.0 Å². The van der Waals surface area contributed by atoms with Gasteiger partial charge in [-0.3, -0.25) is 4.79 Å². The molecule has 0 bridgehead atoms. The van der Waals surface area contributed by atoms with E-state index in [9.17, 15) is 44.3 Å². The van der Waals surface area contributed by atoms with Gasteiger partial charge in [-0.2, -0.15) is 39.5 Å². The van der Waals surface area contributed by atoms with Gasteiger partial charge in [0.1, 0.15) is 0 Å². The first-order valence-electron chi connectivity index (χ1n) is 12.1. The highest BCUT2D eigenvalue weighted by Gasteiger charge is 2.48. The normalized spacial score (nSPS) is 20.5. The molecule has 1 aliphatic heterocycles. The average Bonchev–Trinajstić information content (AvgIpc) is 3.65. The molecule has 1 aliphatic carbocycles. The molecule has 1 heterocycles. The topological polar surface area (TPSA) is 41.6 Å². The van der Waals surface area contributed by atoms with Crippen molar-refractivity contribution in [2.75, 3.05) is 4.90 Å². The lowest BCUT2D eigenvalue weighted by Gasteiger charge is -2.49. The molecule has 0 aromatic heterocycles. The maximum Gasteiger partial charge on any atom is 0.416 e. The fraction of sp³-hybridized carbons (Fsp3) is 0.500. The Kier molecular flexibility index (Phi) is 7.37. The predicted octanol–water partition coefficient (Wildman–Crippen LogP) is 7.47. The second kappa shape index (κ2) is 9.90. The average molecular weight is 568 g/mol. The van der Waals surface area contributed by atoms with Crippen LogP contribution in [0.15, 0.2) is 36.4 Å². The number of ether oxygens (including phenoxy) is 1. The second-order valence-electron chi connectivity index (χ2n) is 10.3. The molecule has 0 saturated heterocycles. The molecule has 1 fully saturated rings. The first-order chi connectivity index (χ1) is 17.9. The van der Waals surface area contributed by atoms with Crippen molar-refractivity contribution in [1.82, 2.24) is 5.32 Å². The number of carbonyl (C=O) groups excluding carboxylic acids is 1. The molecule has 4 rings (SSSR count). The Morgan fingerprint density at radius 3 is 1.92 bits per heavy atom. The van der Waals surface area contributed by atoms with Gasteiger partial charge in [-0.1, -0.05) is 0 Å². The molecule has 214 valence electrons. The number of rotatable bonds is 7. The van der Waals surface area contributed by atoms with E-state index in [1.54, 1.807) is 18.7 Å². The van der Waals surface area contributed by atoms with Gasteiger partial charge < -0.3 is 15.0 Å². The maximum absolute atomic E-state index is 13.6. The minimum absolute atomic E-state index is 0.0190. The van der Waals surface area contributed by atoms with Crippen molar-refractivity contribution in [3.8, 4) is 0 Å². The third-order valence-electron chi connectivity index (χ3n) is 7.08. The molecule has 2 aromatic carbocycles. The lowest BCUT2D eigenvalue weighted by Crippen LogP contribution is -2.56. The van der Waals surface area contributed by atoms with E-state index >= 15 is 0 Å². The highest BCUT2D eigenvalue weighted by atomic mass is 19.4. The molecule has 1 N–H and O–H groups in total. The first kappa shape index (κ1) is 29.0. The molecule has 39 heavy (non-hydrogen) atoms. The summed E-state index contributed by atoms with van der Waals surface area (Å²) in [7, 11) is 0. The number of anilines is 1. The molecule has 4 nitrogen and oxygen atoms in total. The van der Waals surface area contributed by atoms with Gasteiger partial charge in [0.05, 0.1) is 16.7 Å². The van der Waals surface area contributed by atoms with Crippen molar-refractivity contribution in [2.24, 2.45) is 5.92 Å². The Labute approximate surface area is 218 Å². The van der Waals surface area contributed by atoms with Crippen molar-refractivity contribution in [3.05, 3.63) is 64.2 Å². The van der Waals surface area contributed by atoms with Crippen LogP contribution in [0.3, 0.4) is 0 Å². The highest BCUT2D eigenvalue weighted by Crippen LogP contribution is 2.50. The molecule has 0 amide bonds. The molecule has 0 spiro atoms. The molecule has 2 atom stereocenters. The summed E-state index contributed by atoms with van der Waals surface area (Å²) in [5.41, 5.74) is -5.01. The van der Waals surface area contributed by atoms with Gasteiger partial charge in [-0.15, -0.1) is 0 Å². The summed E-state index contributed by atoms with van der Waals surface area (Å²) < 4.78 is 126. The summed E-state index contributed by atoms with van der Waals surface area (Å²) in [6, 6.07) is 3.10. The highest BCUT2D eigenvalue weighted by molar-refractivity contribution is 5.62. The van der Waals surface area contributed by atoms with Gasteiger partial charge in [0.25, 0.3) is 6.47 Å². The van der Waals surface area contributed by atoms with Crippen LogP contribution >= 0.6 is 0 Å². The molecule has 0 radical (unpaired) electrons. The third kappa shape index (κ3) is 6.28. The monoisotopic (exact) mass is 568 g/mol. The number of nitrogens with zero attached hydrogens (tertiary/aromatic N) is 1. The molecule has 1 saturated carbocycles. The van der Waals surface area contributed by atoms with Crippen molar-refractivity contribution in [1.29, 1.82) is 0 Å². The van der Waals surface area contributed by atoms with Crippen LogP contribution in [0.4, 0.5) is 45.2 Å². The van der Waals surface area contributed by atoms with Crippen LogP contribution < -0.4 is 10.2 Å². The van der Waals surface area contributed by atoms with Gasteiger partial charge in [0.15, 0.2) is 5.72 Å². The van der Waals surface area contributed by atoms with E-state index in [0.717, 1.165) is 25.0 Å². The number of hydrogen-bond acceptors (Lipinski definition) is 4. The fourth-order valence-corrected chi connectivity index (χ4v) is 5.19. The summed E-state index contributed by atoms with van der Waals surface area (Å²) in [5.74, 6) is 0.115. The van der Waals surface area contributed by atoms with Crippen molar-refractivity contribution in [2.45, 2.75) is 76.0 Å². The summed E-state index contributed by atoms with van der Waals surface area (Å²) in [6.45, 7) is 2.96. The van der Waals surface area contributed by atoms with Gasteiger partial charge in [0, 0.05) is 24.3 Å². The Morgan fingerprint density at radius 1 is 0.872 bits per heavy atom. The molecular weight excluding hydrogens is 543 g/mol. The van der Waals surface area contributed by atoms with Crippen LogP contribution in [-0.4, -0.2) is 18.2 Å². The zero-order chi connectivity index (χ0) is 29.0. The van der Waals surface area contributed by atoms with Gasteiger partial charge in [-0.25, -0.2) is 0 Å². The van der Waals surface area contributed by atoms with Crippen molar-refractivity contribution < 1.29 is 49.0 Å². The summed E-state index contributed by atoms with van der Waals surface area (Å²) in [6.07, 6.45) is -13.0. The van der Waals surface area contributed by atoms with Crippen molar-refractivity contribution >= 4 is 12.2 Å². The smallest absolute Gasteiger partial charge is 0.416 e. The van der Waals surface area contributed by atoms with E-state index in [4.69, 9.17) is 4.74 Å². The van der Waals surface area contributed by atoms with Crippen LogP contribution in [0.2, 0.25) is 0 Å². The van der Waals surface area contributed by atoms with E-state index in [1.807, 2.05) is 0 Å². The number of fused-ring (bicyclic) bond motifs is 1. The van der Waals surface area contributed by atoms with Crippen LogP contribution in [0.1, 0.15) is 67.0 Å². The molecule has 2 aromatic rings. The third-order valence-corrected chi connectivity index (χ3v) is 7.08. The number of alkyl halides is 9. The fourth-order valence-electron chi connectivity index (χ4n) is 5.19. The lowest BCUT2D eigenvalue weighted by atomic mass is 9.86. The van der Waals surface area contributed by atoms with Crippen LogP contribution in [0.25, 0.3) is 0 Å². The molecule has 2 unspecified atom stereocenters. The lowest BCUT2D eigenvalue weighted by molar-refractivity contribution is -0.143. The maximum atomic E-state index is 13.6. The van der Waals surface area contributed by atoms with E-state index < -0.39 is 53.5 Å². The van der Waals surface area contributed by atoms with Gasteiger partial charge in [-0.05, 0) is 86.6 Å². The summed E-state index contributed by atoms with van der Waals surface area (Å²) in [4.78, 5) is 12.9. The second-order valence-corrected chi connectivity index (χ2v) is 10.3. The summed E-state index contributed by atoms with van der Waals surface area (Å²) in [5, 5.41) is 2.91. The number of benzene rings is 2. The van der Waals surface area contributed by atoms with Crippen molar-refractivity contribution in [3.63, 3.8) is 0 Å². The van der Waals surface area contributed by atoms with Crippen LogP contribution in [0.5, 0.6) is 0 Å². The van der Waals surface area contributed by atoms with Crippen LogP contribution in [-0.2, 0) is 34.6 Å². The summed E-state index contributed by atoms with van der Waals surface area (Å²) >= 11 is 0. The minimum Gasteiger partial charge on any atom is -0.442 e. The first-order valence-corrected chi connectivity index (χ1v) is 12.1. The Morgan fingerprint density at radius 2 is 1.44 bits per heavy atom. The molecule has 2 aliphatic rings.